The Kier molecular flexibility index (Phi) is 4.12. The van der Waals surface area contributed by atoms with Gasteiger partial charge in [0.05, 0.1) is 23.6 Å². The monoisotopic (exact) mass is 260 g/mol. The quantitative estimate of drug-likeness (QED) is 0.663. The molecule has 0 aromatic heterocycles. The Morgan fingerprint density at radius 2 is 2.25 bits per heavy atom. The Hall–Kier alpha value is -1.30. The van der Waals surface area contributed by atoms with Crippen molar-refractivity contribution in [1.29, 1.82) is 0 Å². The van der Waals surface area contributed by atoms with Gasteiger partial charge in [-0.05, 0) is 24.4 Å². The van der Waals surface area contributed by atoms with Gasteiger partial charge in [0.25, 0.3) is 0 Å². The SMILES string of the molecule is CS(=O)(=O)Nc1ccc(CN=C=S)c(F)c1. The summed E-state index contributed by atoms with van der Waals surface area (Å²) in [4.78, 5) is 3.59. The summed E-state index contributed by atoms with van der Waals surface area (Å²) in [6.45, 7) is 0.0918. The van der Waals surface area contributed by atoms with Crippen molar-refractivity contribution in [2.75, 3.05) is 11.0 Å². The molecule has 0 bridgehead atoms. The maximum atomic E-state index is 13.4. The molecule has 0 saturated heterocycles. The van der Waals surface area contributed by atoms with E-state index in [1.165, 1.54) is 12.1 Å². The first kappa shape index (κ1) is 12.8. The van der Waals surface area contributed by atoms with Crippen molar-refractivity contribution in [2.45, 2.75) is 6.54 Å². The second-order valence-corrected chi connectivity index (χ2v) is 5.02. The predicted octanol–water partition coefficient (Wildman–Crippen LogP) is 1.80. The average Bonchev–Trinajstić information content (AvgIpc) is 2.14. The zero-order valence-corrected chi connectivity index (χ0v) is 10.0. The normalized spacial score (nSPS) is 10.6. The van der Waals surface area contributed by atoms with Gasteiger partial charge in [0.2, 0.25) is 10.0 Å². The first-order chi connectivity index (χ1) is 7.42. The van der Waals surface area contributed by atoms with Gasteiger partial charge in [0.1, 0.15) is 5.82 Å². The van der Waals surface area contributed by atoms with Crippen LogP contribution in [0.25, 0.3) is 0 Å². The smallest absolute Gasteiger partial charge is 0.229 e. The van der Waals surface area contributed by atoms with Crippen molar-refractivity contribution in [1.82, 2.24) is 0 Å². The van der Waals surface area contributed by atoms with Crippen molar-refractivity contribution < 1.29 is 12.8 Å². The molecule has 1 N–H and O–H groups in total. The van der Waals surface area contributed by atoms with E-state index in [0.717, 1.165) is 12.3 Å². The number of anilines is 1. The van der Waals surface area contributed by atoms with Crippen LogP contribution < -0.4 is 4.72 Å². The fraction of sp³-hybridized carbons (Fsp3) is 0.222. The van der Waals surface area contributed by atoms with E-state index in [-0.39, 0.29) is 12.2 Å². The Morgan fingerprint density at radius 3 is 2.75 bits per heavy atom. The zero-order valence-electron chi connectivity index (χ0n) is 8.40. The topological polar surface area (TPSA) is 58.5 Å². The minimum atomic E-state index is -3.39. The Bertz CT molecular complexity index is 536. The molecule has 7 heteroatoms. The minimum Gasteiger partial charge on any atom is -0.284 e. The summed E-state index contributed by atoms with van der Waals surface area (Å²) in [5.74, 6) is -0.539. The first-order valence-corrected chi connectivity index (χ1v) is 6.52. The third kappa shape index (κ3) is 4.06. The van der Waals surface area contributed by atoms with Crippen molar-refractivity contribution in [3.63, 3.8) is 0 Å². The molecule has 0 fully saturated rings. The maximum absolute atomic E-state index is 13.4. The first-order valence-electron chi connectivity index (χ1n) is 4.22. The molecule has 0 aliphatic carbocycles. The van der Waals surface area contributed by atoms with Gasteiger partial charge >= 0.3 is 0 Å². The molecule has 0 saturated carbocycles. The van der Waals surface area contributed by atoms with E-state index < -0.39 is 15.8 Å². The van der Waals surface area contributed by atoms with E-state index in [1.807, 2.05) is 0 Å². The van der Waals surface area contributed by atoms with Crippen molar-refractivity contribution >= 4 is 33.1 Å². The standard InChI is InChI=1S/C9H9FN2O2S2/c1-16(13,14)12-8-3-2-7(5-11-6-15)9(10)4-8/h2-4,12H,5H2,1H3. The highest BCUT2D eigenvalue weighted by Crippen LogP contribution is 2.16. The fourth-order valence-corrected chi connectivity index (χ4v) is 1.69. The average molecular weight is 260 g/mol. The van der Waals surface area contributed by atoms with E-state index in [4.69, 9.17) is 0 Å². The number of hydrogen-bond donors (Lipinski definition) is 1. The lowest BCUT2D eigenvalue weighted by Crippen LogP contribution is -2.09. The van der Waals surface area contributed by atoms with Crippen molar-refractivity contribution in [2.24, 2.45) is 4.99 Å². The number of halogens is 1. The molecule has 0 amide bonds. The van der Waals surface area contributed by atoms with Crippen LogP contribution in [0.2, 0.25) is 0 Å². The number of thiocarbonyl (C=S) groups is 1. The molecular weight excluding hydrogens is 251 g/mol. The Balaban J connectivity index is 2.95. The molecular formula is C9H9FN2O2S2. The summed E-state index contributed by atoms with van der Waals surface area (Å²) in [7, 11) is -3.39. The number of benzene rings is 1. The van der Waals surface area contributed by atoms with Crippen molar-refractivity contribution in [3.05, 3.63) is 29.6 Å². The van der Waals surface area contributed by atoms with Crippen LogP contribution in [0.1, 0.15) is 5.56 Å². The second-order valence-electron chi connectivity index (χ2n) is 3.09. The van der Waals surface area contributed by atoms with Gasteiger partial charge in [-0.1, -0.05) is 6.07 Å². The van der Waals surface area contributed by atoms with Crippen LogP contribution >= 0.6 is 12.2 Å². The third-order valence-corrected chi connectivity index (χ3v) is 2.41. The van der Waals surface area contributed by atoms with Crippen LogP contribution in [-0.4, -0.2) is 19.8 Å². The van der Waals surface area contributed by atoms with Gasteiger partial charge in [0, 0.05) is 5.56 Å². The van der Waals surface area contributed by atoms with Gasteiger partial charge in [-0.15, -0.1) is 0 Å². The molecule has 0 radical (unpaired) electrons. The zero-order chi connectivity index (χ0) is 12.2. The highest BCUT2D eigenvalue weighted by atomic mass is 32.2. The van der Waals surface area contributed by atoms with Gasteiger partial charge < -0.3 is 0 Å². The van der Waals surface area contributed by atoms with Gasteiger partial charge in [-0.25, -0.2) is 17.8 Å². The summed E-state index contributed by atoms with van der Waals surface area (Å²) in [6, 6.07) is 3.99. The summed E-state index contributed by atoms with van der Waals surface area (Å²) >= 11 is 4.36. The predicted molar refractivity (Wildman–Crippen MR) is 63.6 cm³/mol. The van der Waals surface area contributed by atoms with Crippen LogP contribution in [0, 0.1) is 5.82 Å². The number of aliphatic imine (C=N–C) groups is 1. The lowest BCUT2D eigenvalue weighted by atomic mass is 10.2. The van der Waals surface area contributed by atoms with E-state index in [9.17, 15) is 12.8 Å². The summed E-state index contributed by atoms with van der Waals surface area (Å²) in [5, 5.41) is 2.13. The van der Waals surface area contributed by atoms with E-state index in [1.54, 1.807) is 0 Å². The second kappa shape index (κ2) is 5.16. The van der Waals surface area contributed by atoms with E-state index >= 15 is 0 Å². The van der Waals surface area contributed by atoms with Gasteiger partial charge in [-0.3, -0.25) is 4.72 Å². The largest absolute Gasteiger partial charge is 0.284 e. The van der Waals surface area contributed by atoms with E-state index in [2.05, 4.69) is 27.1 Å². The van der Waals surface area contributed by atoms with Crippen LogP contribution in [0.5, 0.6) is 0 Å². The molecule has 0 aliphatic rings. The van der Waals surface area contributed by atoms with Gasteiger partial charge in [0.15, 0.2) is 0 Å². The Labute approximate surface area is 98.3 Å². The fourth-order valence-electron chi connectivity index (χ4n) is 1.07. The van der Waals surface area contributed by atoms with Gasteiger partial charge in [-0.2, -0.15) is 0 Å². The molecule has 0 atom stereocenters. The summed E-state index contributed by atoms with van der Waals surface area (Å²) in [5.41, 5.74) is 0.506. The third-order valence-electron chi connectivity index (χ3n) is 1.67. The van der Waals surface area contributed by atoms with E-state index in [0.29, 0.717) is 5.56 Å². The van der Waals surface area contributed by atoms with Crippen LogP contribution in [0.15, 0.2) is 23.2 Å². The number of hydrogen-bond acceptors (Lipinski definition) is 4. The molecule has 86 valence electrons. The molecule has 4 nitrogen and oxygen atoms in total. The molecule has 16 heavy (non-hydrogen) atoms. The number of sulfonamides is 1. The maximum Gasteiger partial charge on any atom is 0.229 e. The molecule has 0 unspecified atom stereocenters. The molecule has 1 rings (SSSR count). The number of isothiocyanates is 1. The summed E-state index contributed by atoms with van der Waals surface area (Å²) in [6.07, 6.45) is 0.995. The van der Waals surface area contributed by atoms with Crippen LogP contribution in [0.4, 0.5) is 10.1 Å². The Morgan fingerprint density at radius 1 is 1.56 bits per heavy atom. The molecule has 1 aromatic carbocycles. The highest BCUT2D eigenvalue weighted by molar-refractivity contribution is 7.92. The van der Waals surface area contributed by atoms with Crippen LogP contribution in [-0.2, 0) is 16.6 Å². The molecule has 1 aromatic rings. The van der Waals surface area contributed by atoms with Crippen molar-refractivity contribution in [3.8, 4) is 0 Å². The molecule has 0 aliphatic heterocycles. The molecule has 0 spiro atoms. The highest BCUT2D eigenvalue weighted by Gasteiger charge is 2.06. The minimum absolute atomic E-state index is 0.0918. The lowest BCUT2D eigenvalue weighted by molar-refractivity contribution is 0.606. The lowest BCUT2D eigenvalue weighted by Gasteiger charge is -2.05. The number of rotatable bonds is 4. The van der Waals surface area contributed by atoms with Crippen LogP contribution in [0.3, 0.4) is 0 Å². The number of nitrogens with zero attached hydrogens (tertiary/aromatic N) is 1. The molecule has 0 heterocycles. The summed E-state index contributed by atoms with van der Waals surface area (Å²) < 4.78 is 37.3. The number of nitrogens with one attached hydrogen (secondary N) is 1.